The van der Waals surface area contributed by atoms with Gasteiger partial charge < -0.3 is 15.5 Å². The van der Waals surface area contributed by atoms with Crippen LogP contribution in [0, 0.1) is 0 Å². The minimum atomic E-state index is -5.26. The van der Waals surface area contributed by atoms with Gasteiger partial charge in [0.25, 0.3) is 0 Å². The number of hydrogen-bond acceptors (Lipinski definition) is 4. The molecule has 0 bridgehead atoms. The third-order valence-corrected chi connectivity index (χ3v) is 6.72. The van der Waals surface area contributed by atoms with E-state index in [-0.39, 0.29) is 55.9 Å². The second-order valence-corrected chi connectivity index (χ2v) is 9.27. The molecule has 1 aromatic rings. The molecule has 1 heterocycles. The van der Waals surface area contributed by atoms with Crippen molar-refractivity contribution in [1.82, 2.24) is 19.8 Å². The van der Waals surface area contributed by atoms with Gasteiger partial charge in [-0.25, -0.2) is 8.42 Å². The zero-order valence-electron chi connectivity index (χ0n) is 17.9. The van der Waals surface area contributed by atoms with Gasteiger partial charge in [-0.2, -0.15) is 17.5 Å². The van der Waals surface area contributed by atoms with Crippen LogP contribution in [0.25, 0.3) is 0 Å². The Bertz CT molecular complexity index is 828. The number of halogens is 4. The van der Waals surface area contributed by atoms with E-state index in [0.717, 1.165) is 18.7 Å². The van der Waals surface area contributed by atoms with E-state index in [9.17, 15) is 21.6 Å². The summed E-state index contributed by atoms with van der Waals surface area (Å²) in [5.74, 6) is 0.531. The molecule has 31 heavy (non-hydrogen) atoms. The van der Waals surface area contributed by atoms with Crippen molar-refractivity contribution in [2.75, 3.05) is 33.7 Å². The van der Waals surface area contributed by atoms with Crippen molar-refractivity contribution >= 4 is 40.0 Å². The number of alkyl halides is 3. The van der Waals surface area contributed by atoms with Crippen LogP contribution in [0.5, 0.6) is 0 Å². The predicted molar refractivity (Wildman–Crippen MR) is 127 cm³/mol. The maximum absolute atomic E-state index is 12.7. The summed E-state index contributed by atoms with van der Waals surface area (Å²) in [7, 11) is -1.59. The monoisotopic (exact) mass is 577 g/mol. The number of piperidine rings is 1. The zero-order chi connectivity index (χ0) is 22.4. The summed E-state index contributed by atoms with van der Waals surface area (Å²) in [6.07, 6.45) is 0.545. The summed E-state index contributed by atoms with van der Waals surface area (Å²) in [6.45, 7) is 4.11. The predicted octanol–water partition coefficient (Wildman–Crippen LogP) is 2.74. The van der Waals surface area contributed by atoms with Crippen LogP contribution >= 0.6 is 24.0 Å². The lowest BCUT2D eigenvalue weighted by Gasteiger charge is -2.32. The molecule has 1 fully saturated rings. The quantitative estimate of drug-likeness (QED) is 0.296. The van der Waals surface area contributed by atoms with Gasteiger partial charge in [0.1, 0.15) is 0 Å². The minimum absolute atomic E-state index is 0. The third kappa shape index (κ3) is 8.06. The number of aliphatic imine (C=N–C) groups is 1. The highest BCUT2D eigenvalue weighted by Gasteiger charge is 2.50. The normalized spacial score (nSPS) is 16.8. The summed E-state index contributed by atoms with van der Waals surface area (Å²) in [4.78, 5) is 6.37. The minimum Gasteiger partial charge on any atom is -0.354 e. The van der Waals surface area contributed by atoms with Crippen LogP contribution in [-0.4, -0.2) is 68.9 Å². The summed E-state index contributed by atoms with van der Waals surface area (Å²) in [6, 6.07) is 8.05. The molecule has 0 aliphatic carbocycles. The molecule has 0 radical (unpaired) electrons. The molecule has 1 aliphatic heterocycles. The van der Waals surface area contributed by atoms with Crippen LogP contribution < -0.4 is 10.6 Å². The Kier molecular flexibility index (Phi) is 11.0. The first-order chi connectivity index (χ1) is 14.1. The fourth-order valence-electron chi connectivity index (χ4n) is 3.22. The first-order valence-electron chi connectivity index (χ1n) is 9.86. The van der Waals surface area contributed by atoms with Crippen molar-refractivity contribution in [3.8, 4) is 0 Å². The summed E-state index contributed by atoms with van der Waals surface area (Å²) < 4.78 is 61.6. The summed E-state index contributed by atoms with van der Waals surface area (Å²) in [5, 5.41) is 6.38. The van der Waals surface area contributed by atoms with Gasteiger partial charge in [-0.15, -0.1) is 24.0 Å². The second-order valence-electron chi connectivity index (χ2n) is 7.34. The number of sulfonamides is 1. The van der Waals surface area contributed by atoms with Crippen molar-refractivity contribution in [1.29, 1.82) is 0 Å². The molecule has 0 amide bonds. The molecule has 0 atom stereocenters. The average molecular weight is 577 g/mol. The molecule has 0 unspecified atom stereocenters. The molecule has 0 spiro atoms. The van der Waals surface area contributed by atoms with E-state index in [0.29, 0.717) is 16.8 Å². The molecule has 0 aromatic heterocycles. The number of rotatable bonds is 7. The Labute approximate surface area is 199 Å². The molecule has 0 saturated carbocycles. The molecule has 1 saturated heterocycles. The number of nitrogens with zero attached hydrogens (tertiary/aromatic N) is 3. The molecule has 178 valence electrons. The standard InChI is InChI=1S/C19H30F3N5O2S.HI/c1-4-26(3)14-16-7-5-6-15(12-16)13-24-18(23-2)25-17-8-10-27(11-9-17)30(28,29)19(20,21)22;/h5-7,12,17H,4,8-11,13-14H2,1-3H3,(H2,23,24,25);1H. The lowest BCUT2D eigenvalue weighted by molar-refractivity contribution is -0.0494. The molecule has 1 aromatic carbocycles. The van der Waals surface area contributed by atoms with Crippen LogP contribution in [0.15, 0.2) is 29.3 Å². The maximum Gasteiger partial charge on any atom is 0.511 e. The Morgan fingerprint density at radius 3 is 2.42 bits per heavy atom. The van der Waals surface area contributed by atoms with E-state index in [2.05, 4.69) is 46.6 Å². The van der Waals surface area contributed by atoms with Crippen LogP contribution in [0.4, 0.5) is 13.2 Å². The van der Waals surface area contributed by atoms with E-state index in [1.807, 2.05) is 12.1 Å². The number of guanidine groups is 1. The first-order valence-corrected chi connectivity index (χ1v) is 11.3. The van der Waals surface area contributed by atoms with Crippen LogP contribution in [0.2, 0.25) is 0 Å². The summed E-state index contributed by atoms with van der Waals surface area (Å²) in [5.41, 5.74) is -2.96. The smallest absolute Gasteiger partial charge is 0.354 e. The van der Waals surface area contributed by atoms with Gasteiger partial charge in [-0.1, -0.05) is 31.2 Å². The molecule has 1 aliphatic rings. The van der Waals surface area contributed by atoms with Gasteiger partial charge in [-0.3, -0.25) is 4.99 Å². The highest BCUT2D eigenvalue weighted by atomic mass is 127. The van der Waals surface area contributed by atoms with Crippen LogP contribution in [-0.2, 0) is 23.1 Å². The molecule has 2 N–H and O–H groups in total. The Morgan fingerprint density at radius 1 is 1.26 bits per heavy atom. The van der Waals surface area contributed by atoms with Gasteiger partial charge in [0.05, 0.1) is 0 Å². The van der Waals surface area contributed by atoms with E-state index < -0.39 is 15.5 Å². The van der Waals surface area contributed by atoms with Gasteiger partial charge in [0.15, 0.2) is 5.96 Å². The lowest BCUT2D eigenvalue weighted by atomic mass is 10.1. The second kappa shape index (κ2) is 12.2. The van der Waals surface area contributed by atoms with Gasteiger partial charge in [0.2, 0.25) is 0 Å². The van der Waals surface area contributed by atoms with Gasteiger partial charge in [0, 0.05) is 39.3 Å². The van der Waals surface area contributed by atoms with Crippen molar-refractivity contribution in [3.05, 3.63) is 35.4 Å². The van der Waals surface area contributed by atoms with Crippen LogP contribution in [0.1, 0.15) is 30.9 Å². The van der Waals surface area contributed by atoms with Crippen molar-refractivity contribution in [2.24, 2.45) is 4.99 Å². The molecule has 12 heteroatoms. The maximum atomic E-state index is 12.7. The third-order valence-electron chi connectivity index (χ3n) is 5.09. The zero-order valence-corrected chi connectivity index (χ0v) is 21.1. The van der Waals surface area contributed by atoms with Crippen LogP contribution in [0.3, 0.4) is 0 Å². The van der Waals surface area contributed by atoms with Gasteiger partial charge in [-0.05, 0) is 37.6 Å². The average Bonchev–Trinajstić information content (AvgIpc) is 2.70. The Morgan fingerprint density at radius 2 is 1.87 bits per heavy atom. The van der Waals surface area contributed by atoms with E-state index >= 15 is 0 Å². The lowest BCUT2D eigenvalue weighted by Crippen LogP contribution is -2.51. The summed E-state index contributed by atoms with van der Waals surface area (Å²) >= 11 is 0. The Balaban J connectivity index is 0.00000480. The van der Waals surface area contributed by atoms with E-state index in [1.165, 1.54) is 5.56 Å². The Hall–Kier alpha value is -1.12. The molecule has 7 nitrogen and oxygen atoms in total. The van der Waals surface area contributed by atoms with Crippen molar-refractivity contribution in [3.63, 3.8) is 0 Å². The van der Waals surface area contributed by atoms with Crippen molar-refractivity contribution < 1.29 is 21.6 Å². The van der Waals surface area contributed by atoms with Crippen molar-refractivity contribution in [2.45, 2.75) is 44.4 Å². The fraction of sp³-hybridized carbons (Fsp3) is 0.632. The van der Waals surface area contributed by atoms with E-state index in [4.69, 9.17) is 0 Å². The number of nitrogens with one attached hydrogen (secondary N) is 2. The van der Waals surface area contributed by atoms with E-state index in [1.54, 1.807) is 7.05 Å². The van der Waals surface area contributed by atoms with Gasteiger partial charge >= 0.3 is 15.5 Å². The topological polar surface area (TPSA) is 77.0 Å². The number of benzene rings is 1. The SMILES string of the molecule is CCN(C)Cc1cccc(CNC(=NC)NC2CCN(S(=O)(=O)C(F)(F)F)CC2)c1.I. The largest absolute Gasteiger partial charge is 0.511 e. The molecule has 2 rings (SSSR count). The fourth-order valence-corrected chi connectivity index (χ4v) is 4.21. The highest BCUT2D eigenvalue weighted by Crippen LogP contribution is 2.28. The first kappa shape index (κ1) is 27.9. The molecular formula is C19H31F3IN5O2S. The number of hydrogen-bond donors (Lipinski definition) is 2. The highest BCUT2D eigenvalue weighted by molar-refractivity contribution is 14.0. The molecular weight excluding hydrogens is 546 g/mol.